The van der Waals surface area contributed by atoms with Crippen LogP contribution in [0.1, 0.15) is 13.3 Å². The maximum atomic E-state index is 12.0. The van der Waals surface area contributed by atoms with E-state index in [0.717, 1.165) is 5.39 Å². The SMILES string of the molecule is CCOC(=O)CC(=O)N(C)c1coc2ccccc12. The third-order valence-electron chi connectivity index (χ3n) is 2.80. The minimum Gasteiger partial charge on any atom is -0.466 e. The van der Waals surface area contributed by atoms with Crippen LogP contribution in [0, 0.1) is 0 Å². The first-order valence-corrected chi connectivity index (χ1v) is 6.02. The lowest BCUT2D eigenvalue weighted by molar-refractivity contribution is -0.145. The lowest BCUT2D eigenvalue weighted by atomic mass is 10.2. The number of furan rings is 1. The molecule has 1 amide bonds. The summed E-state index contributed by atoms with van der Waals surface area (Å²) in [5.74, 6) is -0.850. The molecule has 0 spiro atoms. The number of hydrogen-bond donors (Lipinski definition) is 0. The number of carbonyl (C=O) groups excluding carboxylic acids is 2. The van der Waals surface area contributed by atoms with E-state index in [1.165, 1.54) is 11.2 Å². The van der Waals surface area contributed by atoms with Gasteiger partial charge in [0.2, 0.25) is 5.91 Å². The summed E-state index contributed by atoms with van der Waals surface area (Å²) in [7, 11) is 1.61. The van der Waals surface area contributed by atoms with Crippen molar-refractivity contribution in [2.24, 2.45) is 0 Å². The van der Waals surface area contributed by atoms with E-state index in [4.69, 9.17) is 9.15 Å². The van der Waals surface area contributed by atoms with Gasteiger partial charge in [0.05, 0.1) is 12.3 Å². The molecule has 0 bridgehead atoms. The Morgan fingerprint density at radius 1 is 1.32 bits per heavy atom. The molecule has 2 rings (SSSR count). The first kappa shape index (κ1) is 13.1. The second-order valence-electron chi connectivity index (χ2n) is 4.05. The van der Waals surface area contributed by atoms with Crippen molar-refractivity contribution in [1.29, 1.82) is 0 Å². The van der Waals surface area contributed by atoms with Crippen molar-refractivity contribution in [3.8, 4) is 0 Å². The standard InChI is InChI=1S/C14H15NO4/c1-3-18-14(17)8-13(16)15(2)11-9-19-12-7-5-4-6-10(11)12/h4-7,9H,3,8H2,1-2H3. The van der Waals surface area contributed by atoms with Crippen LogP contribution in [0.15, 0.2) is 34.9 Å². The summed E-state index contributed by atoms with van der Waals surface area (Å²) in [6, 6.07) is 7.41. The van der Waals surface area contributed by atoms with Gasteiger partial charge in [0.25, 0.3) is 0 Å². The zero-order valence-electron chi connectivity index (χ0n) is 10.9. The summed E-state index contributed by atoms with van der Waals surface area (Å²) < 4.78 is 10.1. The predicted molar refractivity (Wildman–Crippen MR) is 70.9 cm³/mol. The van der Waals surface area contributed by atoms with Crippen LogP contribution in [0.3, 0.4) is 0 Å². The number of hydrogen-bond acceptors (Lipinski definition) is 4. The summed E-state index contributed by atoms with van der Waals surface area (Å²) in [5, 5.41) is 0.835. The van der Waals surface area contributed by atoms with Gasteiger partial charge in [0.1, 0.15) is 18.3 Å². The van der Waals surface area contributed by atoms with Crippen LogP contribution in [-0.4, -0.2) is 25.5 Å². The number of fused-ring (bicyclic) bond motifs is 1. The number of para-hydroxylation sites is 1. The monoisotopic (exact) mass is 261 g/mol. The van der Waals surface area contributed by atoms with Gasteiger partial charge in [-0.1, -0.05) is 12.1 Å². The minimum absolute atomic E-state index is 0.268. The van der Waals surface area contributed by atoms with Gasteiger partial charge in [0, 0.05) is 12.4 Å². The quantitative estimate of drug-likeness (QED) is 0.626. The Labute approximate surface area is 110 Å². The van der Waals surface area contributed by atoms with E-state index in [9.17, 15) is 9.59 Å². The Morgan fingerprint density at radius 2 is 2.05 bits per heavy atom. The molecule has 0 aliphatic carbocycles. The Kier molecular flexibility index (Phi) is 3.85. The third kappa shape index (κ3) is 2.76. The molecule has 1 heterocycles. The second-order valence-corrected chi connectivity index (χ2v) is 4.05. The molecule has 0 radical (unpaired) electrons. The van der Waals surface area contributed by atoms with Crippen molar-refractivity contribution in [2.75, 3.05) is 18.6 Å². The Morgan fingerprint density at radius 3 is 2.79 bits per heavy atom. The topological polar surface area (TPSA) is 59.8 Å². The number of amides is 1. The van der Waals surface area contributed by atoms with Gasteiger partial charge in [-0.2, -0.15) is 0 Å². The van der Waals surface area contributed by atoms with E-state index in [0.29, 0.717) is 11.3 Å². The lowest BCUT2D eigenvalue weighted by Crippen LogP contribution is -2.28. The number of benzene rings is 1. The van der Waals surface area contributed by atoms with Gasteiger partial charge in [-0.15, -0.1) is 0 Å². The summed E-state index contributed by atoms with van der Waals surface area (Å²) in [6.45, 7) is 1.97. The van der Waals surface area contributed by atoms with Crippen molar-refractivity contribution in [1.82, 2.24) is 0 Å². The molecule has 1 aromatic heterocycles. The van der Waals surface area contributed by atoms with E-state index >= 15 is 0 Å². The van der Waals surface area contributed by atoms with Gasteiger partial charge in [-0.3, -0.25) is 9.59 Å². The average Bonchev–Trinajstić information content (AvgIpc) is 2.81. The molecule has 0 atom stereocenters. The molecule has 19 heavy (non-hydrogen) atoms. The van der Waals surface area contributed by atoms with Crippen molar-refractivity contribution < 1.29 is 18.7 Å². The van der Waals surface area contributed by atoms with Gasteiger partial charge < -0.3 is 14.1 Å². The molecule has 0 fully saturated rings. The van der Waals surface area contributed by atoms with E-state index in [1.54, 1.807) is 14.0 Å². The highest BCUT2D eigenvalue weighted by molar-refractivity contribution is 6.07. The van der Waals surface area contributed by atoms with E-state index in [-0.39, 0.29) is 18.9 Å². The van der Waals surface area contributed by atoms with Gasteiger partial charge in [-0.05, 0) is 19.1 Å². The molecule has 0 aliphatic heterocycles. The van der Waals surface area contributed by atoms with Crippen molar-refractivity contribution in [3.63, 3.8) is 0 Å². The number of nitrogens with zero attached hydrogens (tertiary/aromatic N) is 1. The highest BCUT2D eigenvalue weighted by atomic mass is 16.5. The summed E-state index contributed by atoms with van der Waals surface area (Å²) in [4.78, 5) is 24.7. The van der Waals surface area contributed by atoms with E-state index < -0.39 is 5.97 Å². The fourth-order valence-electron chi connectivity index (χ4n) is 1.81. The van der Waals surface area contributed by atoms with Crippen LogP contribution >= 0.6 is 0 Å². The predicted octanol–water partition coefficient (Wildman–Crippen LogP) is 2.35. The first-order valence-electron chi connectivity index (χ1n) is 6.02. The van der Waals surface area contributed by atoms with Crippen molar-refractivity contribution in [2.45, 2.75) is 13.3 Å². The fourth-order valence-corrected chi connectivity index (χ4v) is 1.81. The number of anilines is 1. The Bertz CT molecular complexity index is 602. The lowest BCUT2D eigenvalue weighted by Gasteiger charge is -2.15. The molecule has 100 valence electrons. The fraction of sp³-hybridized carbons (Fsp3) is 0.286. The molecule has 5 nitrogen and oxygen atoms in total. The third-order valence-corrected chi connectivity index (χ3v) is 2.80. The maximum absolute atomic E-state index is 12.0. The molecule has 0 N–H and O–H groups in total. The van der Waals surface area contributed by atoms with Crippen LogP contribution in [0.2, 0.25) is 0 Å². The number of esters is 1. The van der Waals surface area contributed by atoms with Crippen LogP contribution in [-0.2, 0) is 14.3 Å². The van der Waals surface area contributed by atoms with Gasteiger partial charge in [-0.25, -0.2) is 0 Å². The van der Waals surface area contributed by atoms with Gasteiger partial charge in [0.15, 0.2) is 0 Å². The largest absolute Gasteiger partial charge is 0.466 e. The molecule has 0 saturated heterocycles. The zero-order chi connectivity index (χ0) is 13.8. The molecular weight excluding hydrogens is 246 g/mol. The number of ether oxygens (including phenoxy) is 1. The molecule has 1 aromatic carbocycles. The van der Waals surface area contributed by atoms with Crippen LogP contribution in [0.25, 0.3) is 11.0 Å². The second kappa shape index (κ2) is 5.56. The van der Waals surface area contributed by atoms with Gasteiger partial charge >= 0.3 is 5.97 Å². The van der Waals surface area contributed by atoms with Crippen LogP contribution in [0.4, 0.5) is 5.69 Å². The van der Waals surface area contributed by atoms with Crippen LogP contribution in [0.5, 0.6) is 0 Å². The smallest absolute Gasteiger partial charge is 0.315 e. The van der Waals surface area contributed by atoms with Crippen molar-refractivity contribution >= 4 is 28.5 Å². The highest BCUT2D eigenvalue weighted by Gasteiger charge is 2.19. The molecule has 0 saturated carbocycles. The summed E-state index contributed by atoms with van der Waals surface area (Å²) in [6.07, 6.45) is 1.23. The summed E-state index contributed by atoms with van der Waals surface area (Å²) >= 11 is 0. The molecule has 0 aliphatic rings. The molecular formula is C14H15NO4. The van der Waals surface area contributed by atoms with E-state index in [1.807, 2.05) is 24.3 Å². The Balaban J connectivity index is 2.17. The average molecular weight is 261 g/mol. The summed E-state index contributed by atoms with van der Waals surface area (Å²) in [5.41, 5.74) is 1.35. The van der Waals surface area contributed by atoms with Crippen LogP contribution < -0.4 is 4.90 Å². The van der Waals surface area contributed by atoms with E-state index in [2.05, 4.69) is 0 Å². The molecule has 0 unspecified atom stereocenters. The van der Waals surface area contributed by atoms with Crippen molar-refractivity contribution in [3.05, 3.63) is 30.5 Å². The molecule has 2 aromatic rings. The highest BCUT2D eigenvalue weighted by Crippen LogP contribution is 2.28. The number of carbonyl (C=O) groups is 2. The molecule has 5 heteroatoms. The number of rotatable bonds is 4. The first-order chi connectivity index (χ1) is 9.13. The minimum atomic E-state index is -0.521. The normalized spacial score (nSPS) is 10.4. The Hall–Kier alpha value is -2.30. The maximum Gasteiger partial charge on any atom is 0.315 e. The zero-order valence-corrected chi connectivity index (χ0v) is 10.9.